The highest BCUT2D eigenvalue weighted by atomic mass is 16.3. The van der Waals surface area contributed by atoms with E-state index in [2.05, 4.69) is 0 Å². The summed E-state index contributed by atoms with van der Waals surface area (Å²) >= 11 is 0. The van der Waals surface area contributed by atoms with E-state index in [1.165, 1.54) is 9.13 Å². The van der Waals surface area contributed by atoms with E-state index in [-0.39, 0.29) is 5.69 Å². The average molecular weight is 185 g/mol. The van der Waals surface area contributed by atoms with Gasteiger partial charge in [-0.05, 0) is 13.0 Å². The number of imidazole rings is 1. The van der Waals surface area contributed by atoms with Gasteiger partial charge in [-0.1, -0.05) is 0 Å². The Morgan fingerprint density at radius 2 is 2.23 bits per heavy atom. The molecule has 0 aliphatic heterocycles. The molecule has 1 aromatic heterocycles. The van der Waals surface area contributed by atoms with Crippen LogP contribution in [0.4, 0.5) is 0 Å². The number of aromatic nitrogens is 2. The molecular weight excluding hydrogens is 170 g/mol. The summed E-state index contributed by atoms with van der Waals surface area (Å²) < 4.78 is 2.87. The first kappa shape index (κ1) is 10.0. The van der Waals surface area contributed by atoms with Gasteiger partial charge in [-0.25, -0.2) is 4.79 Å². The van der Waals surface area contributed by atoms with Crippen molar-refractivity contribution in [3.05, 3.63) is 22.4 Å². The van der Waals surface area contributed by atoms with E-state index in [9.17, 15) is 9.90 Å². The van der Waals surface area contributed by atoms with Crippen LogP contribution >= 0.6 is 0 Å². The third-order valence-electron chi connectivity index (χ3n) is 2.08. The van der Waals surface area contributed by atoms with Gasteiger partial charge < -0.3 is 15.4 Å². The first-order valence-electron chi connectivity index (χ1n) is 4.18. The molecule has 5 heteroatoms. The van der Waals surface area contributed by atoms with Crippen molar-refractivity contribution < 1.29 is 5.11 Å². The van der Waals surface area contributed by atoms with Crippen LogP contribution < -0.4 is 11.4 Å². The molecule has 5 nitrogen and oxygen atoms in total. The van der Waals surface area contributed by atoms with Crippen LogP contribution in [-0.2, 0) is 14.1 Å². The third kappa shape index (κ3) is 1.81. The molecular formula is C8H15N3O2. The highest BCUT2D eigenvalue weighted by molar-refractivity contribution is 5.03. The fourth-order valence-electron chi connectivity index (χ4n) is 1.30. The van der Waals surface area contributed by atoms with Crippen molar-refractivity contribution in [2.24, 2.45) is 19.8 Å². The summed E-state index contributed by atoms with van der Waals surface area (Å²) in [7, 11) is 3.29. The zero-order valence-corrected chi connectivity index (χ0v) is 7.90. The molecule has 0 aliphatic rings. The lowest BCUT2D eigenvalue weighted by Crippen LogP contribution is -2.21. The molecule has 0 spiro atoms. The first-order valence-corrected chi connectivity index (χ1v) is 4.18. The van der Waals surface area contributed by atoms with Crippen molar-refractivity contribution in [2.45, 2.75) is 12.5 Å². The molecule has 1 aromatic rings. The Labute approximate surface area is 76.4 Å². The molecule has 1 heterocycles. The van der Waals surface area contributed by atoms with E-state index in [4.69, 9.17) is 5.73 Å². The number of rotatable bonds is 3. The van der Waals surface area contributed by atoms with E-state index in [0.717, 1.165) is 0 Å². The molecule has 0 aromatic carbocycles. The quantitative estimate of drug-likeness (QED) is 0.641. The maximum absolute atomic E-state index is 11.3. The molecule has 0 bridgehead atoms. The maximum Gasteiger partial charge on any atom is 0.327 e. The smallest absolute Gasteiger partial charge is 0.327 e. The summed E-state index contributed by atoms with van der Waals surface area (Å²) in [5, 5.41) is 9.59. The second kappa shape index (κ2) is 3.76. The molecule has 74 valence electrons. The molecule has 0 amide bonds. The van der Waals surface area contributed by atoms with Crippen LogP contribution in [0.15, 0.2) is 11.0 Å². The molecule has 0 fully saturated rings. The van der Waals surface area contributed by atoms with E-state index in [0.29, 0.717) is 18.7 Å². The Hall–Kier alpha value is -1.07. The molecule has 0 saturated carbocycles. The molecule has 0 aliphatic carbocycles. The predicted molar refractivity (Wildman–Crippen MR) is 49.3 cm³/mol. The van der Waals surface area contributed by atoms with Crippen molar-refractivity contribution in [1.29, 1.82) is 0 Å². The van der Waals surface area contributed by atoms with Crippen LogP contribution in [0.1, 0.15) is 18.2 Å². The van der Waals surface area contributed by atoms with Gasteiger partial charge in [-0.2, -0.15) is 0 Å². The van der Waals surface area contributed by atoms with Crippen molar-refractivity contribution in [3.63, 3.8) is 0 Å². The minimum absolute atomic E-state index is 0.133. The SMILES string of the molecule is Cn1cc(C(O)CCN)n(C)c1=O. The molecule has 0 saturated heterocycles. The van der Waals surface area contributed by atoms with Gasteiger partial charge in [-0.3, -0.25) is 4.57 Å². The summed E-state index contributed by atoms with van der Waals surface area (Å²) in [5.74, 6) is 0. The zero-order chi connectivity index (χ0) is 10.0. The minimum Gasteiger partial charge on any atom is -0.387 e. The maximum atomic E-state index is 11.3. The number of aliphatic hydroxyl groups excluding tert-OH is 1. The Morgan fingerprint density at radius 1 is 1.62 bits per heavy atom. The summed E-state index contributed by atoms with van der Waals surface area (Å²) in [4.78, 5) is 11.3. The molecule has 0 radical (unpaired) electrons. The third-order valence-corrected chi connectivity index (χ3v) is 2.08. The number of hydrogen-bond donors (Lipinski definition) is 2. The summed E-state index contributed by atoms with van der Waals surface area (Å²) in [5.41, 5.74) is 5.78. The van der Waals surface area contributed by atoms with Gasteiger partial charge in [0.2, 0.25) is 0 Å². The lowest BCUT2D eigenvalue weighted by atomic mass is 10.2. The van der Waals surface area contributed by atoms with Gasteiger partial charge >= 0.3 is 5.69 Å². The van der Waals surface area contributed by atoms with E-state index < -0.39 is 6.10 Å². The minimum atomic E-state index is -0.649. The highest BCUT2D eigenvalue weighted by Gasteiger charge is 2.13. The van der Waals surface area contributed by atoms with Crippen LogP contribution in [0, 0.1) is 0 Å². The van der Waals surface area contributed by atoms with Crippen LogP contribution in [-0.4, -0.2) is 20.8 Å². The van der Waals surface area contributed by atoms with Crippen LogP contribution in [0.2, 0.25) is 0 Å². The van der Waals surface area contributed by atoms with E-state index in [1.54, 1.807) is 20.3 Å². The molecule has 1 atom stereocenters. The van der Waals surface area contributed by atoms with E-state index in [1.807, 2.05) is 0 Å². The van der Waals surface area contributed by atoms with Gasteiger partial charge in [0.15, 0.2) is 0 Å². The Bertz CT molecular complexity index is 340. The Morgan fingerprint density at radius 3 is 2.62 bits per heavy atom. The zero-order valence-electron chi connectivity index (χ0n) is 7.90. The fourth-order valence-corrected chi connectivity index (χ4v) is 1.30. The first-order chi connectivity index (χ1) is 6.07. The number of aliphatic hydroxyl groups is 1. The Balaban J connectivity index is 3.01. The normalized spacial score (nSPS) is 13.2. The van der Waals surface area contributed by atoms with Gasteiger partial charge in [0.05, 0.1) is 11.8 Å². The molecule has 13 heavy (non-hydrogen) atoms. The lowest BCUT2D eigenvalue weighted by Gasteiger charge is -2.08. The summed E-state index contributed by atoms with van der Waals surface area (Å²) in [6, 6.07) is 0. The monoisotopic (exact) mass is 185 g/mol. The standard InChI is InChI=1S/C8H15N3O2/c1-10-5-6(7(12)3-4-9)11(2)8(10)13/h5,7,12H,3-4,9H2,1-2H3. The van der Waals surface area contributed by atoms with Crippen LogP contribution in [0.3, 0.4) is 0 Å². The van der Waals surface area contributed by atoms with Crippen molar-refractivity contribution in [3.8, 4) is 0 Å². The molecule has 1 unspecified atom stereocenters. The van der Waals surface area contributed by atoms with Crippen molar-refractivity contribution in [2.75, 3.05) is 6.54 Å². The van der Waals surface area contributed by atoms with Gasteiger partial charge in [-0.15, -0.1) is 0 Å². The van der Waals surface area contributed by atoms with Gasteiger partial charge in [0, 0.05) is 20.3 Å². The number of nitrogens with two attached hydrogens (primary N) is 1. The van der Waals surface area contributed by atoms with Gasteiger partial charge in [0.25, 0.3) is 0 Å². The fraction of sp³-hybridized carbons (Fsp3) is 0.625. The van der Waals surface area contributed by atoms with Crippen LogP contribution in [0.5, 0.6) is 0 Å². The predicted octanol–water partition coefficient (Wildman–Crippen LogP) is -0.894. The largest absolute Gasteiger partial charge is 0.387 e. The van der Waals surface area contributed by atoms with E-state index >= 15 is 0 Å². The van der Waals surface area contributed by atoms with Crippen LogP contribution in [0.25, 0.3) is 0 Å². The van der Waals surface area contributed by atoms with Gasteiger partial charge in [0.1, 0.15) is 0 Å². The lowest BCUT2D eigenvalue weighted by molar-refractivity contribution is 0.162. The highest BCUT2D eigenvalue weighted by Crippen LogP contribution is 2.12. The number of aryl methyl sites for hydroxylation is 1. The topological polar surface area (TPSA) is 73.2 Å². The average Bonchev–Trinajstić information content (AvgIpc) is 2.33. The number of nitrogens with zero attached hydrogens (tertiary/aromatic N) is 2. The summed E-state index contributed by atoms with van der Waals surface area (Å²) in [6.45, 7) is 0.407. The molecule has 1 rings (SSSR count). The second-order valence-electron chi connectivity index (χ2n) is 3.10. The van der Waals surface area contributed by atoms with Crippen molar-refractivity contribution in [1.82, 2.24) is 9.13 Å². The second-order valence-corrected chi connectivity index (χ2v) is 3.10. The number of hydrogen-bond acceptors (Lipinski definition) is 3. The van der Waals surface area contributed by atoms with Crippen molar-refractivity contribution >= 4 is 0 Å². The molecule has 3 N–H and O–H groups in total. The Kier molecular flexibility index (Phi) is 2.90. The summed E-state index contributed by atoms with van der Waals surface area (Å²) in [6.07, 6.45) is 1.45.